The number of benzene rings is 2. The van der Waals surface area contributed by atoms with E-state index >= 15 is 0 Å². The average molecular weight is 680 g/mol. The average Bonchev–Trinajstić information content (AvgIpc) is 2.91. The highest BCUT2D eigenvalue weighted by Gasteiger charge is 2.32. The van der Waals surface area contributed by atoms with Crippen molar-refractivity contribution in [3.05, 3.63) is 61.7 Å². The number of ether oxygens (including phenoxy) is 4. The molecular weight excluding hydrogens is 652 g/mol. The number of urea groups is 1. The molecule has 1 aliphatic rings. The number of hydrogen-bond donors (Lipinski definition) is 4. The number of nitrogens with one attached hydrogen (secondary N) is 3. The summed E-state index contributed by atoms with van der Waals surface area (Å²) in [5, 5.41) is 19.7. The van der Waals surface area contributed by atoms with Crippen LogP contribution in [0.1, 0.15) is 31.0 Å². The summed E-state index contributed by atoms with van der Waals surface area (Å²) in [7, 11) is 1.27. The third-order valence-corrected chi connectivity index (χ3v) is 6.61. The molecule has 11 nitrogen and oxygen atoms in total. The maximum absolute atomic E-state index is 12.4. The van der Waals surface area contributed by atoms with Gasteiger partial charge >= 0.3 is 12.0 Å². The predicted molar refractivity (Wildman–Crippen MR) is 155 cm³/mol. The number of carbonyl (C=O) groups excluding carboxylic acids is 2. The number of carbonyl (C=O) groups is 2. The Morgan fingerprint density at radius 3 is 2.60 bits per heavy atom. The van der Waals surface area contributed by atoms with Gasteiger partial charge in [-0.15, -0.1) is 6.42 Å². The molecule has 1 heterocycles. The van der Waals surface area contributed by atoms with Gasteiger partial charge in [0, 0.05) is 5.70 Å². The van der Waals surface area contributed by atoms with Crippen molar-refractivity contribution in [3.8, 4) is 29.6 Å². The largest absolute Gasteiger partial charge is 0.490 e. The Hall–Kier alpha value is -3.73. The molecule has 4 N–H and O–H groups in total. The molecule has 2 amide bonds. The van der Waals surface area contributed by atoms with Crippen LogP contribution in [0.2, 0.25) is 0 Å². The van der Waals surface area contributed by atoms with Gasteiger partial charge in [-0.05, 0) is 81.1 Å². The molecule has 2 aromatic carbocycles. The highest BCUT2D eigenvalue weighted by molar-refractivity contribution is 9.11. The summed E-state index contributed by atoms with van der Waals surface area (Å²) < 4.78 is 23.2. The normalized spacial score (nSPS) is 15.5. The number of nitrogens with zero attached hydrogens (tertiary/aromatic N) is 1. The molecule has 0 aliphatic carbocycles. The number of hydrogen-bond acceptors (Lipinski definition) is 9. The number of aliphatic hydroxyl groups excluding tert-OH is 1. The minimum Gasteiger partial charge on any atom is -0.490 e. The van der Waals surface area contributed by atoms with Crippen molar-refractivity contribution in [2.24, 2.45) is 5.10 Å². The molecule has 0 saturated heterocycles. The molecule has 0 fully saturated rings. The topological polar surface area (TPSA) is 140 Å². The van der Waals surface area contributed by atoms with Gasteiger partial charge in [-0.25, -0.2) is 9.59 Å². The lowest BCUT2D eigenvalue weighted by Crippen LogP contribution is -2.45. The van der Waals surface area contributed by atoms with Gasteiger partial charge in [0.2, 0.25) is 0 Å². The number of methoxy groups -OCH3 is 1. The summed E-state index contributed by atoms with van der Waals surface area (Å²) in [6.45, 7) is 3.74. The van der Waals surface area contributed by atoms with E-state index in [1.54, 1.807) is 37.3 Å². The molecule has 0 saturated carbocycles. The molecule has 0 spiro atoms. The first kappa shape index (κ1) is 30.8. The van der Waals surface area contributed by atoms with Crippen molar-refractivity contribution in [1.29, 1.82) is 0 Å². The first-order chi connectivity index (χ1) is 19.2. The summed E-state index contributed by atoms with van der Waals surface area (Å²) in [6, 6.07) is 7.35. The summed E-state index contributed by atoms with van der Waals surface area (Å²) in [5.74, 6) is 3.13. The highest BCUT2D eigenvalue weighted by atomic mass is 79.9. The van der Waals surface area contributed by atoms with Crippen LogP contribution in [-0.4, -0.2) is 56.5 Å². The summed E-state index contributed by atoms with van der Waals surface area (Å²) in [6.07, 6.45) is 5.62. The van der Waals surface area contributed by atoms with Crippen LogP contribution in [0, 0.1) is 12.3 Å². The molecule has 212 valence electrons. The van der Waals surface area contributed by atoms with E-state index in [4.69, 9.17) is 25.4 Å². The number of aliphatic hydroxyl groups is 1. The van der Waals surface area contributed by atoms with Crippen LogP contribution in [0.5, 0.6) is 17.2 Å². The van der Waals surface area contributed by atoms with Crippen molar-refractivity contribution < 1.29 is 33.6 Å². The van der Waals surface area contributed by atoms with Crippen molar-refractivity contribution in [2.75, 3.05) is 26.9 Å². The third kappa shape index (κ3) is 7.91. The Kier molecular flexibility index (Phi) is 11.2. The lowest BCUT2D eigenvalue weighted by Gasteiger charge is -2.28. The first-order valence-electron chi connectivity index (χ1n) is 12.0. The van der Waals surface area contributed by atoms with Gasteiger partial charge in [0.05, 0.1) is 40.5 Å². The summed E-state index contributed by atoms with van der Waals surface area (Å²) in [4.78, 5) is 24.5. The van der Waals surface area contributed by atoms with Gasteiger partial charge in [0.1, 0.15) is 19.0 Å². The number of terminal acetylenes is 1. The van der Waals surface area contributed by atoms with Crippen LogP contribution in [-0.2, 0) is 9.53 Å². The van der Waals surface area contributed by atoms with Crippen molar-refractivity contribution in [2.45, 2.75) is 26.1 Å². The van der Waals surface area contributed by atoms with Gasteiger partial charge in [0.15, 0.2) is 17.7 Å². The summed E-state index contributed by atoms with van der Waals surface area (Å²) >= 11 is 6.87. The first-order valence-corrected chi connectivity index (χ1v) is 13.5. The number of allylic oxidation sites excluding steroid dienone is 1. The number of hydrazone groups is 1. The lowest BCUT2D eigenvalue weighted by atomic mass is 9.95. The SMILES string of the molecule is C#CCOc1c(Br)cc(/C=N\N[C@@H](O)COc2ccc([C@H]3NC(=O)NC(C)=C3C(=O)OC)cc2OCC)cc1Br. The molecule has 2 aromatic rings. The van der Waals surface area contributed by atoms with E-state index < -0.39 is 24.3 Å². The van der Waals surface area contributed by atoms with E-state index in [1.165, 1.54) is 13.3 Å². The van der Waals surface area contributed by atoms with Crippen LogP contribution in [0.4, 0.5) is 4.79 Å². The number of esters is 1. The molecular formula is C27H28Br2N4O7. The molecule has 0 unspecified atom stereocenters. The Morgan fingerprint density at radius 2 is 1.95 bits per heavy atom. The fourth-order valence-corrected chi connectivity index (χ4v) is 5.18. The molecule has 0 aromatic heterocycles. The Morgan fingerprint density at radius 1 is 1.23 bits per heavy atom. The Labute approximate surface area is 248 Å². The maximum Gasteiger partial charge on any atom is 0.337 e. The van der Waals surface area contributed by atoms with Crippen LogP contribution in [0.3, 0.4) is 0 Å². The standard InChI is InChI=1S/C27H28Br2N4O7/c1-5-9-39-25-18(28)10-16(11-19(25)29)13-30-33-22(34)14-40-20-8-7-17(12-21(20)38-6-2)24-23(26(35)37-4)15(3)31-27(36)32-24/h1,7-8,10-13,22,24,33-34H,6,9,14H2,2-4H3,(H2,31,32,36)/b30-13-/t22-,24+/m0/s1. The monoisotopic (exact) mass is 678 g/mol. The van der Waals surface area contributed by atoms with E-state index in [9.17, 15) is 14.7 Å². The number of amides is 2. The number of halogens is 2. The number of rotatable bonds is 12. The van der Waals surface area contributed by atoms with Crippen molar-refractivity contribution >= 4 is 50.1 Å². The van der Waals surface area contributed by atoms with Gasteiger partial charge in [-0.2, -0.15) is 5.10 Å². The second-order valence-electron chi connectivity index (χ2n) is 8.22. The zero-order valence-corrected chi connectivity index (χ0v) is 25.1. The Balaban J connectivity index is 1.68. The molecule has 1 aliphatic heterocycles. The second kappa shape index (κ2) is 14.6. The zero-order chi connectivity index (χ0) is 29.2. The van der Waals surface area contributed by atoms with E-state index in [0.717, 1.165) is 5.56 Å². The van der Waals surface area contributed by atoms with Crippen molar-refractivity contribution in [3.63, 3.8) is 0 Å². The van der Waals surface area contributed by atoms with E-state index in [2.05, 4.69) is 58.9 Å². The maximum atomic E-state index is 12.4. The second-order valence-corrected chi connectivity index (χ2v) is 9.93. The quantitative estimate of drug-likeness (QED) is 0.0875. The van der Waals surface area contributed by atoms with Gasteiger partial charge in [-0.3, -0.25) is 5.43 Å². The van der Waals surface area contributed by atoms with E-state index in [1.807, 2.05) is 6.92 Å². The smallest absolute Gasteiger partial charge is 0.337 e. The van der Waals surface area contributed by atoms with E-state index in [0.29, 0.717) is 44.1 Å². The van der Waals surface area contributed by atoms with Crippen LogP contribution >= 0.6 is 31.9 Å². The molecule has 0 radical (unpaired) electrons. The van der Waals surface area contributed by atoms with E-state index in [-0.39, 0.29) is 18.8 Å². The lowest BCUT2D eigenvalue weighted by molar-refractivity contribution is -0.136. The van der Waals surface area contributed by atoms with Crippen molar-refractivity contribution in [1.82, 2.24) is 16.1 Å². The minimum atomic E-state index is -1.14. The zero-order valence-electron chi connectivity index (χ0n) is 21.9. The third-order valence-electron chi connectivity index (χ3n) is 5.43. The fourth-order valence-electron chi connectivity index (χ4n) is 3.73. The van der Waals surface area contributed by atoms with Crippen LogP contribution in [0.15, 0.2) is 55.6 Å². The van der Waals surface area contributed by atoms with Gasteiger partial charge < -0.3 is 34.7 Å². The summed E-state index contributed by atoms with van der Waals surface area (Å²) in [5.41, 5.74) is 4.56. The van der Waals surface area contributed by atoms with Crippen LogP contribution in [0.25, 0.3) is 0 Å². The molecule has 3 rings (SSSR count). The minimum absolute atomic E-state index is 0.131. The van der Waals surface area contributed by atoms with Gasteiger partial charge in [-0.1, -0.05) is 12.0 Å². The van der Waals surface area contributed by atoms with Crippen LogP contribution < -0.4 is 30.3 Å². The fraction of sp³-hybridized carbons (Fsp3) is 0.296. The van der Waals surface area contributed by atoms with Gasteiger partial charge in [0.25, 0.3) is 0 Å². The molecule has 2 atom stereocenters. The predicted octanol–water partition coefficient (Wildman–Crippen LogP) is 3.74. The molecule has 0 bridgehead atoms. The highest BCUT2D eigenvalue weighted by Crippen LogP contribution is 2.35. The molecule has 40 heavy (non-hydrogen) atoms. The molecule has 13 heteroatoms. The Bertz CT molecular complexity index is 1330.